The number of rotatable bonds is 5. The first-order chi connectivity index (χ1) is 8.28. The molecule has 0 heterocycles. The second-order valence-electron chi connectivity index (χ2n) is 3.69. The van der Waals surface area contributed by atoms with E-state index in [2.05, 4.69) is 4.18 Å². The summed E-state index contributed by atoms with van der Waals surface area (Å²) >= 11 is 0. The molecular formula is C11H13F3O3S. The SMILES string of the molecule is CCCCc1ccccc1OS(=O)(=O)C(F)(F)F. The lowest BCUT2D eigenvalue weighted by Crippen LogP contribution is -2.28. The van der Waals surface area contributed by atoms with Crippen molar-refractivity contribution in [2.45, 2.75) is 31.7 Å². The first kappa shape index (κ1) is 14.8. The molecule has 102 valence electrons. The number of aryl methyl sites for hydroxylation is 1. The van der Waals surface area contributed by atoms with Gasteiger partial charge in [-0.05, 0) is 24.5 Å². The van der Waals surface area contributed by atoms with Gasteiger partial charge in [0.05, 0.1) is 0 Å². The minimum Gasteiger partial charge on any atom is -0.376 e. The summed E-state index contributed by atoms with van der Waals surface area (Å²) in [6, 6.07) is 5.82. The number of alkyl halides is 3. The van der Waals surface area contributed by atoms with E-state index in [1.807, 2.05) is 6.92 Å². The number of benzene rings is 1. The maximum Gasteiger partial charge on any atom is 0.534 e. The summed E-state index contributed by atoms with van der Waals surface area (Å²) in [5, 5.41) is 0. The first-order valence-electron chi connectivity index (χ1n) is 5.36. The Bertz CT molecular complexity index is 495. The standard InChI is InChI=1S/C11H13F3O3S/c1-2-3-6-9-7-4-5-8-10(9)17-18(15,16)11(12,13)14/h4-5,7-8H,2-3,6H2,1H3. The molecule has 0 fully saturated rings. The number of halogens is 3. The molecule has 0 saturated heterocycles. The molecule has 0 radical (unpaired) electrons. The Morgan fingerprint density at radius 1 is 1.22 bits per heavy atom. The Kier molecular flexibility index (Phi) is 4.61. The lowest BCUT2D eigenvalue weighted by molar-refractivity contribution is -0.0500. The third-order valence-corrected chi connectivity index (χ3v) is 3.22. The fraction of sp³-hybridized carbons (Fsp3) is 0.455. The van der Waals surface area contributed by atoms with Crippen LogP contribution in [-0.2, 0) is 16.5 Å². The molecule has 0 spiro atoms. The van der Waals surface area contributed by atoms with Crippen LogP contribution in [0.15, 0.2) is 24.3 Å². The molecule has 0 aromatic heterocycles. The number of hydrogen-bond acceptors (Lipinski definition) is 3. The topological polar surface area (TPSA) is 43.4 Å². The van der Waals surface area contributed by atoms with Crippen LogP contribution in [0, 0.1) is 0 Å². The molecule has 18 heavy (non-hydrogen) atoms. The van der Waals surface area contributed by atoms with Gasteiger partial charge in [0.25, 0.3) is 0 Å². The van der Waals surface area contributed by atoms with Crippen LogP contribution in [0.3, 0.4) is 0 Å². The van der Waals surface area contributed by atoms with Crippen molar-refractivity contribution in [2.75, 3.05) is 0 Å². The van der Waals surface area contributed by atoms with E-state index in [-0.39, 0.29) is 5.75 Å². The molecule has 7 heteroatoms. The van der Waals surface area contributed by atoms with Crippen LogP contribution < -0.4 is 4.18 Å². The average molecular weight is 282 g/mol. The Labute approximate surface area is 104 Å². The summed E-state index contributed by atoms with van der Waals surface area (Å²) in [5.74, 6) is -0.261. The summed E-state index contributed by atoms with van der Waals surface area (Å²) in [4.78, 5) is 0. The van der Waals surface area contributed by atoms with Crippen molar-refractivity contribution in [3.05, 3.63) is 29.8 Å². The zero-order valence-electron chi connectivity index (χ0n) is 9.70. The van der Waals surface area contributed by atoms with E-state index in [1.54, 1.807) is 12.1 Å². The van der Waals surface area contributed by atoms with Gasteiger partial charge in [0.15, 0.2) is 0 Å². The van der Waals surface area contributed by atoms with E-state index in [9.17, 15) is 21.6 Å². The van der Waals surface area contributed by atoms with Crippen LogP contribution in [0.4, 0.5) is 13.2 Å². The van der Waals surface area contributed by atoms with Crippen LogP contribution in [0.5, 0.6) is 5.75 Å². The van der Waals surface area contributed by atoms with E-state index in [0.29, 0.717) is 12.0 Å². The monoisotopic (exact) mass is 282 g/mol. The highest BCUT2D eigenvalue weighted by Crippen LogP contribution is 2.29. The molecule has 3 nitrogen and oxygen atoms in total. The predicted molar refractivity (Wildman–Crippen MR) is 60.7 cm³/mol. The smallest absolute Gasteiger partial charge is 0.376 e. The van der Waals surface area contributed by atoms with Crippen molar-refractivity contribution < 1.29 is 25.8 Å². The van der Waals surface area contributed by atoms with Gasteiger partial charge >= 0.3 is 15.6 Å². The lowest BCUT2D eigenvalue weighted by Gasteiger charge is -2.12. The molecule has 0 amide bonds. The fourth-order valence-electron chi connectivity index (χ4n) is 1.32. The van der Waals surface area contributed by atoms with Crippen LogP contribution >= 0.6 is 0 Å². The Balaban J connectivity index is 2.98. The minimum absolute atomic E-state index is 0.261. The molecule has 0 bridgehead atoms. The van der Waals surface area contributed by atoms with E-state index in [1.165, 1.54) is 12.1 Å². The average Bonchev–Trinajstić information content (AvgIpc) is 2.26. The van der Waals surface area contributed by atoms with Crippen molar-refractivity contribution in [1.29, 1.82) is 0 Å². The van der Waals surface area contributed by atoms with Crippen LogP contribution in [0.25, 0.3) is 0 Å². The maximum atomic E-state index is 12.2. The number of para-hydroxylation sites is 1. The van der Waals surface area contributed by atoms with Crippen molar-refractivity contribution >= 4 is 10.1 Å². The second kappa shape index (κ2) is 5.60. The van der Waals surface area contributed by atoms with E-state index < -0.39 is 15.6 Å². The summed E-state index contributed by atoms with van der Waals surface area (Å²) in [6.45, 7) is 1.93. The van der Waals surface area contributed by atoms with Gasteiger partial charge in [-0.1, -0.05) is 31.5 Å². The number of hydrogen-bond donors (Lipinski definition) is 0. The molecule has 0 aliphatic carbocycles. The molecule has 0 saturated carbocycles. The summed E-state index contributed by atoms with van der Waals surface area (Å²) in [7, 11) is -5.60. The molecule has 1 aromatic carbocycles. The first-order valence-corrected chi connectivity index (χ1v) is 6.77. The van der Waals surface area contributed by atoms with Crippen molar-refractivity contribution in [3.8, 4) is 5.75 Å². The highest BCUT2D eigenvalue weighted by Gasteiger charge is 2.48. The van der Waals surface area contributed by atoms with Crippen LogP contribution in [0.1, 0.15) is 25.3 Å². The molecule has 0 aliphatic rings. The third kappa shape index (κ3) is 3.63. The molecule has 0 N–H and O–H groups in total. The van der Waals surface area contributed by atoms with Gasteiger partial charge in [-0.25, -0.2) is 0 Å². The lowest BCUT2D eigenvalue weighted by atomic mass is 10.1. The van der Waals surface area contributed by atoms with Gasteiger partial charge in [0, 0.05) is 0 Å². The predicted octanol–water partition coefficient (Wildman–Crippen LogP) is 3.26. The third-order valence-electron chi connectivity index (χ3n) is 2.26. The van der Waals surface area contributed by atoms with Gasteiger partial charge in [0.1, 0.15) is 5.75 Å². The zero-order valence-corrected chi connectivity index (χ0v) is 10.5. The molecule has 0 atom stereocenters. The highest BCUT2D eigenvalue weighted by molar-refractivity contribution is 7.88. The van der Waals surface area contributed by atoms with Crippen molar-refractivity contribution in [3.63, 3.8) is 0 Å². The highest BCUT2D eigenvalue weighted by atomic mass is 32.2. The largest absolute Gasteiger partial charge is 0.534 e. The van der Waals surface area contributed by atoms with Crippen LogP contribution in [-0.4, -0.2) is 13.9 Å². The Morgan fingerprint density at radius 2 is 1.83 bits per heavy atom. The second-order valence-corrected chi connectivity index (χ2v) is 5.23. The van der Waals surface area contributed by atoms with Gasteiger partial charge in [-0.2, -0.15) is 21.6 Å². The maximum absolute atomic E-state index is 12.2. The number of unbranched alkanes of at least 4 members (excludes halogenated alkanes) is 1. The molecule has 1 rings (SSSR count). The fourth-order valence-corrected chi connectivity index (χ4v) is 1.82. The van der Waals surface area contributed by atoms with Gasteiger partial charge in [-0.3, -0.25) is 0 Å². The summed E-state index contributed by atoms with van der Waals surface area (Å²) < 4.78 is 62.5. The molecule has 0 unspecified atom stereocenters. The molecule has 1 aromatic rings. The Hall–Kier alpha value is -1.24. The summed E-state index contributed by atoms with van der Waals surface area (Å²) in [5.41, 5.74) is -4.96. The molecule has 0 aliphatic heterocycles. The van der Waals surface area contributed by atoms with E-state index in [4.69, 9.17) is 0 Å². The van der Waals surface area contributed by atoms with Crippen molar-refractivity contribution in [1.82, 2.24) is 0 Å². The zero-order chi connectivity index (χ0) is 13.8. The van der Waals surface area contributed by atoms with Crippen molar-refractivity contribution in [2.24, 2.45) is 0 Å². The van der Waals surface area contributed by atoms with E-state index >= 15 is 0 Å². The van der Waals surface area contributed by atoms with Gasteiger partial charge < -0.3 is 4.18 Å². The van der Waals surface area contributed by atoms with Gasteiger partial charge in [-0.15, -0.1) is 0 Å². The van der Waals surface area contributed by atoms with Gasteiger partial charge in [0.2, 0.25) is 0 Å². The quantitative estimate of drug-likeness (QED) is 0.615. The summed E-state index contributed by atoms with van der Waals surface area (Å²) in [6.07, 6.45) is 2.06. The normalized spacial score (nSPS) is 12.4. The Morgan fingerprint density at radius 3 is 2.39 bits per heavy atom. The minimum atomic E-state index is -5.60. The molecular weight excluding hydrogens is 269 g/mol. The van der Waals surface area contributed by atoms with E-state index in [0.717, 1.165) is 12.8 Å². The van der Waals surface area contributed by atoms with Crippen LogP contribution in [0.2, 0.25) is 0 Å².